The topological polar surface area (TPSA) is 30.5 Å². The lowest BCUT2D eigenvalue weighted by Gasteiger charge is -2.14. The molecule has 0 heterocycles. The van der Waals surface area contributed by atoms with Crippen LogP contribution in [0.3, 0.4) is 0 Å². The van der Waals surface area contributed by atoms with E-state index in [-0.39, 0.29) is 5.02 Å². The first-order valence-corrected chi connectivity index (χ1v) is 6.90. The molecule has 2 rings (SSSR count). The number of benzene rings is 2. The van der Waals surface area contributed by atoms with Gasteiger partial charge in [0, 0.05) is 18.7 Å². The molecular weight excluding hydrogens is 316 g/mol. The van der Waals surface area contributed by atoms with E-state index in [0.717, 1.165) is 0 Å². The van der Waals surface area contributed by atoms with E-state index >= 15 is 0 Å². The summed E-state index contributed by atoms with van der Waals surface area (Å²) in [7, 11) is 3.07. The lowest BCUT2D eigenvalue weighted by Crippen LogP contribution is -2.03. The van der Waals surface area contributed by atoms with E-state index in [2.05, 4.69) is 5.32 Å². The molecule has 0 aliphatic carbocycles. The van der Waals surface area contributed by atoms with Gasteiger partial charge in [0.1, 0.15) is 17.3 Å². The fourth-order valence-corrected chi connectivity index (χ4v) is 2.30. The highest BCUT2D eigenvalue weighted by Crippen LogP contribution is 2.36. The molecule has 0 saturated heterocycles. The summed E-state index contributed by atoms with van der Waals surface area (Å²) in [4.78, 5) is 0. The van der Waals surface area contributed by atoms with Gasteiger partial charge in [0.05, 0.1) is 30.0 Å². The Morgan fingerprint density at radius 1 is 1.10 bits per heavy atom. The molecule has 112 valence electrons. The first-order valence-electron chi connectivity index (χ1n) is 6.15. The molecular formula is C15H14Cl2FNO2. The highest BCUT2D eigenvalue weighted by atomic mass is 35.5. The van der Waals surface area contributed by atoms with Gasteiger partial charge in [-0.05, 0) is 11.6 Å². The summed E-state index contributed by atoms with van der Waals surface area (Å²) in [6.07, 6.45) is 0. The van der Waals surface area contributed by atoms with Crippen molar-refractivity contribution >= 4 is 28.9 Å². The van der Waals surface area contributed by atoms with Crippen LogP contribution in [0.25, 0.3) is 0 Å². The molecule has 1 N–H and O–H groups in total. The monoisotopic (exact) mass is 329 g/mol. The Morgan fingerprint density at radius 3 is 2.48 bits per heavy atom. The van der Waals surface area contributed by atoms with Crippen molar-refractivity contribution in [3.63, 3.8) is 0 Å². The number of anilines is 1. The minimum atomic E-state index is -0.448. The zero-order valence-corrected chi connectivity index (χ0v) is 13.1. The van der Waals surface area contributed by atoms with Crippen LogP contribution in [-0.4, -0.2) is 14.2 Å². The zero-order valence-electron chi connectivity index (χ0n) is 11.5. The number of hydrogen-bond acceptors (Lipinski definition) is 3. The fraction of sp³-hybridized carbons (Fsp3) is 0.200. The first-order chi connectivity index (χ1) is 10.1. The Bertz CT molecular complexity index is 650. The van der Waals surface area contributed by atoms with Gasteiger partial charge < -0.3 is 14.8 Å². The summed E-state index contributed by atoms with van der Waals surface area (Å²) in [5.41, 5.74) is 1.33. The van der Waals surface area contributed by atoms with E-state index in [1.165, 1.54) is 13.2 Å². The van der Waals surface area contributed by atoms with Crippen LogP contribution in [0, 0.1) is 5.82 Å². The van der Waals surface area contributed by atoms with Gasteiger partial charge in [-0.2, -0.15) is 0 Å². The summed E-state index contributed by atoms with van der Waals surface area (Å²) < 4.78 is 23.8. The highest BCUT2D eigenvalue weighted by molar-refractivity contribution is 6.32. The SMILES string of the molecule is COc1cc(NCc2cccc(F)c2Cl)c(OC)cc1Cl. The van der Waals surface area contributed by atoms with Gasteiger partial charge >= 0.3 is 0 Å². The lowest BCUT2D eigenvalue weighted by molar-refractivity contribution is 0.404. The molecule has 21 heavy (non-hydrogen) atoms. The van der Waals surface area contributed by atoms with Crippen LogP contribution in [-0.2, 0) is 6.54 Å². The second-order valence-electron chi connectivity index (χ2n) is 4.25. The molecule has 0 unspecified atom stereocenters. The van der Waals surface area contributed by atoms with E-state index in [1.807, 2.05) is 0 Å². The van der Waals surface area contributed by atoms with Crippen LogP contribution in [0.2, 0.25) is 10.0 Å². The molecule has 0 aromatic heterocycles. The van der Waals surface area contributed by atoms with Gasteiger partial charge in [0.15, 0.2) is 0 Å². The van der Waals surface area contributed by atoms with Crippen molar-refractivity contribution in [2.45, 2.75) is 6.54 Å². The molecule has 3 nitrogen and oxygen atoms in total. The normalized spacial score (nSPS) is 10.3. The zero-order chi connectivity index (χ0) is 15.4. The third-order valence-electron chi connectivity index (χ3n) is 2.97. The molecule has 2 aromatic carbocycles. The maximum Gasteiger partial charge on any atom is 0.143 e. The van der Waals surface area contributed by atoms with Crippen molar-refractivity contribution in [3.8, 4) is 11.5 Å². The average molecular weight is 330 g/mol. The maximum absolute atomic E-state index is 13.4. The van der Waals surface area contributed by atoms with E-state index in [1.54, 1.807) is 31.4 Å². The van der Waals surface area contributed by atoms with Gasteiger partial charge in [-0.1, -0.05) is 35.3 Å². The molecule has 6 heteroatoms. The predicted molar refractivity (Wildman–Crippen MR) is 83.3 cm³/mol. The van der Waals surface area contributed by atoms with Crippen LogP contribution in [0.4, 0.5) is 10.1 Å². The molecule has 0 amide bonds. The van der Waals surface area contributed by atoms with Crippen LogP contribution < -0.4 is 14.8 Å². The van der Waals surface area contributed by atoms with Crippen molar-refractivity contribution in [2.24, 2.45) is 0 Å². The fourth-order valence-electron chi connectivity index (χ4n) is 1.87. The van der Waals surface area contributed by atoms with Crippen molar-refractivity contribution in [3.05, 3.63) is 51.8 Å². The van der Waals surface area contributed by atoms with Crippen molar-refractivity contribution in [2.75, 3.05) is 19.5 Å². The van der Waals surface area contributed by atoms with Gasteiger partial charge in [-0.15, -0.1) is 0 Å². The van der Waals surface area contributed by atoms with Crippen molar-refractivity contribution in [1.29, 1.82) is 0 Å². The summed E-state index contributed by atoms with van der Waals surface area (Å²) in [5.74, 6) is 0.634. The Kier molecular flexibility index (Phi) is 5.15. The van der Waals surface area contributed by atoms with Crippen LogP contribution in [0.5, 0.6) is 11.5 Å². The third-order valence-corrected chi connectivity index (χ3v) is 3.69. The average Bonchev–Trinajstić information content (AvgIpc) is 2.49. The molecule has 0 saturated carbocycles. The molecule has 0 spiro atoms. The van der Waals surface area contributed by atoms with Crippen molar-refractivity contribution < 1.29 is 13.9 Å². The standard InChI is InChI=1S/C15H14Cl2FNO2/c1-20-13-7-12(14(21-2)6-10(13)16)19-8-9-4-3-5-11(18)15(9)17/h3-7,19H,8H2,1-2H3. The smallest absolute Gasteiger partial charge is 0.143 e. The summed E-state index contributed by atoms with van der Waals surface area (Å²) in [5, 5.41) is 3.69. The van der Waals surface area contributed by atoms with E-state index in [4.69, 9.17) is 32.7 Å². The second-order valence-corrected chi connectivity index (χ2v) is 5.04. The van der Waals surface area contributed by atoms with E-state index < -0.39 is 5.82 Å². The molecule has 0 radical (unpaired) electrons. The van der Waals surface area contributed by atoms with Crippen LogP contribution in [0.15, 0.2) is 30.3 Å². The molecule has 0 aliphatic heterocycles. The number of ether oxygens (including phenoxy) is 2. The molecule has 0 atom stereocenters. The molecule has 0 aliphatic rings. The van der Waals surface area contributed by atoms with Gasteiger partial charge in [0.25, 0.3) is 0 Å². The summed E-state index contributed by atoms with van der Waals surface area (Å²) in [6, 6.07) is 8.04. The van der Waals surface area contributed by atoms with Gasteiger partial charge in [-0.3, -0.25) is 0 Å². The Labute approximate surface area is 132 Å². The number of hydrogen-bond donors (Lipinski definition) is 1. The third kappa shape index (κ3) is 3.52. The van der Waals surface area contributed by atoms with E-state index in [9.17, 15) is 4.39 Å². The Morgan fingerprint density at radius 2 is 1.81 bits per heavy atom. The van der Waals surface area contributed by atoms with E-state index in [0.29, 0.717) is 34.3 Å². The van der Waals surface area contributed by atoms with Crippen molar-refractivity contribution in [1.82, 2.24) is 0 Å². The lowest BCUT2D eigenvalue weighted by atomic mass is 10.2. The molecule has 0 fully saturated rings. The quantitative estimate of drug-likeness (QED) is 0.857. The van der Waals surface area contributed by atoms with Gasteiger partial charge in [0.2, 0.25) is 0 Å². The second kappa shape index (κ2) is 6.87. The Hall–Kier alpha value is -1.65. The highest BCUT2D eigenvalue weighted by Gasteiger charge is 2.11. The van der Waals surface area contributed by atoms with Crippen LogP contribution in [0.1, 0.15) is 5.56 Å². The summed E-state index contributed by atoms with van der Waals surface area (Å²) >= 11 is 12.0. The van der Waals surface area contributed by atoms with Gasteiger partial charge in [-0.25, -0.2) is 4.39 Å². The minimum Gasteiger partial charge on any atom is -0.495 e. The molecule has 2 aromatic rings. The summed E-state index contributed by atoms with van der Waals surface area (Å²) in [6.45, 7) is 0.345. The minimum absolute atomic E-state index is 0.102. The largest absolute Gasteiger partial charge is 0.495 e. The number of methoxy groups -OCH3 is 2. The van der Waals surface area contributed by atoms with Crippen LogP contribution >= 0.6 is 23.2 Å². The predicted octanol–water partition coefficient (Wildman–Crippen LogP) is 4.76. The molecule has 0 bridgehead atoms. The number of rotatable bonds is 5. The number of nitrogens with one attached hydrogen (secondary N) is 1. The Balaban J connectivity index is 2.25. The maximum atomic E-state index is 13.4. The number of halogens is 3. The first kappa shape index (κ1) is 15.7.